The summed E-state index contributed by atoms with van der Waals surface area (Å²) in [6.07, 6.45) is -14.3. The van der Waals surface area contributed by atoms with Crippen LogP contribution in [0.2, 0.25) is 0 Å². The van der Waals surface area contributed by atoms with Crippen molar-refractivity contribution in [1.82, 2.24) is 0 Å². The summed E-state index contributed by atoms with van der Waals surface area (Å²) in [5.74, 6) is -2.34. The number of ether oxygens (including phenoxy) is 5. The normalized spacial score (nSPS) is 32.3. The largest absolute Gasteiger partial charge is 0.508 e. The van der Waals surface area contributed by atoms with Crippen molar-refractivity contribution in [2.75, 3.05) is 0 Å². The molecule has 2 fully saturated rings. The number of aliphatic hydroxyl groups excluding tert-OH is 5. The van der Waals surface area contributed by atoms with E-state index in [0.717, 1.165) is 13.0 Å². The maximum Gasteiger partial charge on any atom is 0.303 e. The molecule has 1 aromatic heterocycles. The Balaban J connectivity index is 1.55. The molecule has 0 aliphatic carbocycles. The third-order valence-corrected chi connectivity index (χ3v) is 7.41. The van der Waals surface area contributed by atoms with Gasteiger partial charge in [-0.1, -0.05) is 0 Å². The number of phenolic OH excluding ortho intramolecular Hbond substituents is 2. The second-order valence-corrected chi connectivity index (χ2v) is 10.6. The Morgan fingerprint density at radius 1 is 0.795 bits per heavy atom. The van der Waals surface area contributed by atoms with Crippen LogP contribution in [-0.4, -0.2) is 103 Å². The molecule has 7 N–H and O–H groups in total. The predicted molar refractivity (Wildman–Crippen MR) is 147 cm³/mol. The first-order chi connectivity index (χ1) is 20.8. The molecule has 2 aliphatic rings. The molecule has 2 saturated heterocycles. The highest BCUT2D eigenvalue weighted by molar-refractivity contribution is 5.88. The van der Waals surface area contributed by atoms with E-state index in [9.17, 15) is 45.3 Å². The fraction of sp³-hybridized carbons (Fsp3) is 0.448. The van der Waals surface area contributed by atoms with Crippen molar-refractivity contribution in [3.8, 4) is 34.3 Å². The molecule has 2 aliphatic heterocycles. The van der Waals surface area contributed by atoms with Crippen LogP contribution in [0.25, 0.3) is 22.3 Å². The monoisotopic (exact) mass is 620 g/mol. The first-order valence-electron chi connectivity index (χ1n) is 13.6. The summed E-state index contributed by atoms with van der Waals surface area (Å²) >= 11 is 0. The van der Waals surface area contributed by atoms with Gasteiger partial charge < -0.3 is 63.8 Å². The van der Waals surface area contributed by atoms with Gasteiger partial charge in [0.1, 0.15) is 58.7 Å². The lowest BCUT2D eigenvalue weighted by molar-refractivity contribution is -0.272. The van der Waals surface area contributed by atoms with Crippen LogP contribution < -0.4 is 14.9 Å². The lowest BCUT2D eigenvalue weighted by Gasteiger charge is -2.40. The van der Waals surface area contributed by atoms with E-state index in [1.54, 1.807) is 0 Å². The summed E-state index contributed by atoms with van der Waals surface area (Å²) in [4.78, 5) is 25.3. The van der Waals surface area contributed by atoms with Crippen molar-refractivity contribution in [3.63, 3.8) is 0 Å². The molecule has 44 heavy (non-hydrogen) atoms. The number of aromatic hydroxyl groups is 2. The van der Waals surface area contributed by atoms with Gasteiger partial charge in [0.2, 0.25) is 23.8 Å². The van der Waals surface area contributed by atoms with E-state index < -0.39 is 84.3 Å². The number of carbonyl (C=O) groups is 1. The van der Waals surface area contributed by atoms with Gasteiger partial charge in [0.15, 0.2) is 11.9 Å². The maximum absolute atomic E-state index is 13.8. The van der Waals surface area contributed by atoms with Gasteiger partial charge in [0.05, 0.1) is 12.2 Å². The molecule has 0 amide bonds. The van der Waals surface area contributed by atoms with E-state index in [0.29, 0.717) is 0 Å². The number of esters is 1. The second kappa shape index (κ2) is 12.2. The van der Waals surface area contributed by atoms with E-state index in [4.69, 9.17) is 28.1 Å². The molecule has 0 radical (unpaired) electrons. The Hall–Kier alpha value is -3.96. The van der Waals surface area contributed by atoms with Gasteiger partial charge in [-0.3, -0.25) is 9.59 Å². The van der Waals surface area contributed by atoms with Crippen LogP contribution in [0.1, 0.15) is 20.8 Å². The Bertz CT molecular complexity index is 1570. The Labute approximate surface area is 249 Å². The molecule has 0 spiro atoms. The van der Waals surface area contributed by atoms with Crippen LogP contribution >= 0.6 is 0 Å². The van der Waals surface area contributed by atoms with Gasteiger partial charge in [-0.15, -0.1) is 0 Å². The molecule has 3 heterocycles. The zero-order valence-electron chi connectivity index (χ0n) is 23.6. The minimum atomic E-state index is -1.79. The molecular weight excluding hydrogens is 588 g/mol. The van der Waals surface area contributed by atoms with E-state index in [1.807, 2.05) is 0 Å². The van der Waals surface area contributed by atoms with Gasteiger partial charge in [-0.25, -0.2) is 0 Å². The minimum absolute atomic E-state index is 0.0974. The van der Waals surface area contributed by atoms with Crippen LogP contribution in [-0.2, 0) is 19.0 Å². The predicted octanol–water partition coefficient (Wildman–Crippen LogP) is -0.145. The summed E-state index contributed by atoms with van der Waals surface area (Å²) in [6.45, 7) is 4.05. The third-order valence-electron chi connectivity index (χ3n) is 7.41. The van der Waals surface area contributed by atoms with Crippen molar-refractivity contribution in [2.24, 2.45) is 0 Å². The highest BCUT2D eigenvalue weighted by Crippen LogP contribution is 2.38. The summed E-state index contributed by atoms with van der Waals surface area (Å²) in [5, 5.41) is 72.0. The first-order valence-corrected chi connectivity index (χ1v) is 13.6. The minimum Gasteiger partial charge on any atom is -0.508 e. The van der Waals surface area contributed by atoms with Crippen molar-refractivity contribution < 1.29 is 68.6 Å². The number of rotatable bonds is 6. The third kappa shape index (κ3) is 5.90. The smallest absolute Gasteiger partial charge is 0.303 e. The molecular formula is C29H32O15. The molecule has 238 valence electrons. The lowest BCUT2D eigenvalue weighted by Crippen LogP contribution is -2.59. The highest BCUT2D eigenvalue weighted by Gasteiger charge is 2.47. The Morgan fingerprint density at radius 2 is 1.41 bits per heavy atom. The molecule has 0 unspecified atom stereocenters. The van der Waals surface area contributed by atoms with Gasteiger partial charge >= 0.3 is 5.97 Å². The SMILES string of the molecule is CC(=O)O[C@@H]1[C@@H](O)[C@@H](O)[C@@H](Oc2c(-c3ccc(O)cc3)oc3cc(O[C@@H]4O[C@H](C)[C@H](O)[C@@H](O)[C@H]4O)cc(O)c3c2=O)O[C@H]1C. The number of phenols is 2. The quantitative estimate of drug-likeness (QED) is 0.178. The summed E-state index contributed by atoms with van der Waals surface area (Å²) in [5.41, 5.74) is -0.913. The highest BCUT2D eigenvalue weighted by atomic mass is 16.7. The number of benzene rings is 2. The molecule has 0 bridgehead atoms. The summed E-state index contributed by atoms with van der Waals surface area (Å²) in [7, 11) is 0. The van der Waals surface area contributed by atoms with E-state index in [2.05, 4.69) is 0 Å². The summed E-state index contributed by atoms with van der Waals surface area (Å²) in [6, 6.07) is 7.67. The van der Waals surface area contributed by atoms with Crippen LogP contribution in [0.15, 0.2) is 45.6 Å². The Kier molecular flexibility index (Phi) is 8.73. The van der Waals surface area contributed by atoms with Gasteiger partial charge in [0, 0.05) is 24.6 Å². The van der Waals surface area contributed by atoms with E-state index >= 15 is 0 Å². The molecule has 3 aromatic rings. The average molecular weight is 621 g/mol. The Morgan fingerprint density at radius 3 is 2.07 bits per heavy atom. The molecule has 5 rings (SSSR count). The summed E-state index contributed by atoms with van der Waals surface area (Å²) < 4.78 is 33.5. The molecule has 0 saturated carbocycles. The number of fused-ring (bicyclic) bond motifs is 1. The van der Waals surface area contributed by atoms with Gasteiger partial charge in [-0.05, 0) is 38.1 Å². The van der Waals surface area contributed by atoms with Gasteiger partial charge in [-0.2, -0.15) is 0 Å². The zero-order valence-corrected chi connectivity index (χ0v) is 23.6. The standard InChI is InChI=1S/C29H32O15/c1-10-19(33)21(35)23(37)28(39-10)42-15-8-16(32)18-17(9-15)43-26(13-4-6-14(31)7-5-13)27(20(18)34)44-29-24(38)22(36)25(11(2)40-29)41-12(3)30/h4-11,19,21-25,28-29,31-33,35-38H,1-3H3/t10-,11+,19+,21-,22+,23-,24-,25+,28+,29-/m1/s1. The van der Waals surface area contributed by atoms with Crippen molar-refractivity contribution in [3.05, 3.63) is 46.6 Å². The first kappa shape index (κ1) is 31.5. The van der Waals surface area contributed by atoms with Crippen LogP contribution in [0.5, 0.6) is 23.0 Å². The second-order valence-electron chi connectivity index (χ2n) is 10.6. The van der Waals surface area contributed by atoms with E-state index in [-0.39, 0.29) is 33.8 Å². The number of hydrogen-bond acceptors (Lipinski definition) is 15. The van der Waals surface area contributed by atoms with Crippen LogP contribution in [0.4, 0.5) is 0 Å². The number of carbonyl (C=O) groups excluding carboxylic acids is 1. The van der Waals surface area contributed by atoms with Crippen molar-refractivity contribution in [2.45, 2.75) is 82.2 Å². The fourth-order valence-corrected chi connectivity index (χ4v) is 5.05. The molecule has 2 aromatic carbocycles. The zero-order chi connectivity index (χ0) is 32.0. The fourth-order valence-electron chi connectivity index (χ4n) is 5.05. The molecule has 15 heteroatoms. The van der Waals surface area contributed by atoms with Crippen molar-refractivity contribution >= 4 is 16.9 Å². The van der Waals surface area contributed by atoms with Gasteiger partial charge in [0.25, 0.3) is 0 Å². The molecule has 15 nitrogen and oxygen atoms in total. The van der Waals surface area contributed by atoms with E-state index in [1.165, 1.54) is 44.2 Å². The molecule has 10 atom stereocenters. The van der Waals surface area contributed by atoms with Crippen LogP contribution in [0, 0.1) is 0 Å². The average Bonchev–Trinajstić information content (AvgIpc) is 2.97. The maximum atomic E-state index is 13.8. The lowest BCUT2D eigenvalue weighted by atomic mass is 9.99. The number of hydrogen-bond donors (Lipinski definition) is 7. The van der Waals surface area contributed by atoms with Crippen LogP contribution in [0.3, 0.4) is 0 Å². The number of aliphatic hydroxyl groups is 5. The van der Waals surface area contributed by atoms with Crippen molar-refractivity contribution in [1.29, 1.82) is 0 Å². The topological polar surface area (TPSA) is 235 Å².